The fourth-order valence-electron chi connectivity index (χ4n) is 0.975. The molecule has 0 amide bonds. The lowest BCUT2D eigenvalue weighted by molar-refractivity contribution is 1.12. The minimum Gasteiger partial charge on any atom is -0.0988 e. The fourth-order valence-corrected chi connectivity index (χ4v) is 1.14. The van der Waals surface area contributed by atoms with E-state index < -0.39 is 0 Å². The lowest BCUT2D eigenvalue weighted by Gasteiger charge is -2.00. The molecular weight excluding hydrogens is 180 g/mol. The first kappa shape index (κ1) is 15.0. The third-order valence-corrected chi connectivity index (χ3v) is 1.66. The van der Waals surface area contributed by atoms with Gasteiger partial charge in [0, 0.05) is 5.03 Å². The van der Waals surface area contributed by atoms with Gasteiger partial charge in [-0.05, 0) is 37.5 Å². The lowest BCUT2D eigenvalue weighted by atomic mass is 10.1. The average Bonchev–Trinajstić information content (AvgIpc) is 2.08. The Kier molecular flexibility index (Phi) is 11.1. The summed E-state index contributed by atoms with van der Waals surface area (Å²) in [5, 5.41) is 0.815. The van der Waals surface area contributed by atoms with Gasteiger partial charge in [0.05, 0.1) is 0 Å². The molecule has 0 aromatic carbocycles. The summed E-state index contributed by atoms with van der Waals surface area (Å²) in [5.74, 6) is 0. The topological polar surface area (TPSA) is 0 Å². The van der Waals surface area contributed by atoms with Crippen LogP contribution in [0, 0.1) is 0 Å². The smallest absolute Gasteiger partial charge is 0.0152 e. The molecule has 0 saturated heterocycles. The molecule has 0 nitrogen and oxygen atoms in total. The predicted octanol–water partition coefficient (Wildman–Crippen LogP) is 5.07. The van der Waals surface area contributed by atoms with Crippen molar-refractivity contribution in [3.8, 4) is 0 Å². The summed E-state index contributed by atoms with van der Waals surface area (Å²) in [5.41, 5.74) is 2.46. The van der Waals surface area contributed by atoms with Crippen LogP contribution >= 0.6 is 11.6 Å². The molecule has 0 rings (SSSR count). The van der Waals surface area contributed by atoms with Gasteiger partial charge in [0.2, 0.25) is 0 Å². The van der Waals surface area contributed by atoms with Gasteiger partial charge >= 0.3 is 0 Å². The van der Waals surface area contributed by atoms with Crippen LogP contribution in [0.4, 0.5) is 0 Å². The number of rotatable bonds is 3. The van der Waals surface area contributed by atoms with Crippen LogP contribution in [0.5, 0.6) is 0 Å². The van der Waals surface area contributed by atoms with Gasteiger partial charge in [0.15, 0.2) is 0 Å². The van der Waals surface area contributed by atoms with E-state index in [1.54, 1.807) is 0 Å². The van der Waals surface area contributed by atoms with Crippen molar-refractivity contribution in [3.63, 3.8) is 0 Å². The van der Waals surface area contributed by atoms with Crippen molar-refractivity contribution in [2.24, 2.45) is 0 Å². The van der Waals surface area contributed by atoms with Crippen LogP contribution in [-0.4, -0.2) is 0 Å². The highest BCUT2D eigenvalue weighted by Crippen LogP contribution is 2.13. The van der Waals surface area contributed by atoms with Gasteiger partial charge < -0.3 is 0 Å². The van der Waals surface area contributed by atoms with Gasteiger partial charge in [-0.3, -0.25) is 0 Å². The van der Waals surface area contributed by atoms with Crippen molar-refractivity contribution >= 4 is 11.6 Å². The van der Waals surface area contributed by atoms with E-state index in [2.05, 4.69) is 13.5 Å². The third kappa shape index (κ3) is 7.86. The van der Waals surface area contributed by atoms with Crippen molar-refractivity contribution in [2.75, 3.05) is 0 Å². The van der Waals surface area contributed by atoms with Crippen molar-refractivity contribution in [1.82, 2.24) is 0 Å². The predicted molar refractivity (Wildman–Crippen MR) is 64.1 cm³/mol. The lowest BCUT2D eigenvalue weighted by Crippen LogP contribution is -1.80. The fraction of sp³-hybridized carbons (Fsp3) is 0.500. The van der Waals surface area contributed by atoms with Crippen LogP contribution in [0.1, 0.15) is 41.0 Å². The molecule has 0 saturated carbocycles. The van der Waals surface area contributed by atoms with Gasteiger partial charge in [0.25, 0.3) is 0 Å². The van der Waals surface area contributed by atoms with E-state index in [4.69, 9.17) is 11.6 Å². The van der Waals surface area contributed by atoms with E-state index in [0.29, 0.717) is 0 Å². The summed E-state index contributed by atoms with van der Waals surface area (Å²) in [6.07, 6.45) is 4.85. The minimum absolute atomic E-state index is 0.815. The molecule has 0 fully saturated rings. The molecule has 0 aliphatic rings. The highest BCUT2D eigenvalue weighted by molar-refractivity contribution is 6.29. The third-order valence-electron chi connectivity index (χ3n) is 1.55. The maximum Gasteiger partial charge on any atom is 0.0152 e. The summed E-state index contributed by atoms with van der Waals surface area (Å²) in [6, 6.07) is 0. The minimum atomic E-state index is 0.815. The average molecular weight is 201 g/mol. The molecule has 76 valence electrons. The Labute approximate surface area is 88.0 Å². The summed E-state index contributed by atoms with van der Waals surface area (Å²) in [6.45, 7) is 13.8. The molecule has 0 heterocycles. The maximum atomic E-state index is 5.72. The summed E-state index contributed by atoms with van der Waals surface area (Å²) in [7, 11) is 0. The standard InChI is InChI=1S/C10H15Cl.C2H6/c1-5-10(6-2)8(3)7-9(4)11;1-2/h5,7H,1,6H2,2-4H3;1-2H3/b9-7+,10-8+;. The zero-order chi connectivity index (χ0) is 10.9. The summed E-state index contributed by atoms with van der Waals surface area (Å²) < 4.78 is 0. The van der Waals surface area contributed by atoms with Crippen LogP contribution in [0.3, 0.4) is 0 Å². The number of allylic oxidation sites excluding steroid dienone is 5. The Balaban J connectivity index is 0. The molecule has 1 heteroatoms. The van der Waals surface area contributed by atoms with Crippen molar-refractivity contribution in [2.45, 2.75) is 41.0 Å². The summed E-state index contributed by atoms with van der Waals surface area (Å²) in [4.78, 5) is 0. The Morgan fingerprint density at radius 3 is 2.00 bits per heavy atom. The second-order valence-corrected chi connectivity index (χ2v) is 3.09. The first-order chi connectivity index (χ1) is 6.11. The highest BCUT2D eigenvalue weighted by atomic mass is 35.5. The number of hydrogen-bond acceptors (Lipinski definition) is 0. The van der Waals surface area contributed by atoms with Crippen molar-refractivity contribution < 1.29 is 0 Å². The van der Waals surface area contributed by atoms with E-state index in [1.807, 2.05) is 39.8 Å². The normalized spacial score (nSPS) is 12.6. The van der Waals surface area contributed by atoms with E-state index in [1.165, 1.54) is 11.1 Å². The van der Waals surface area contributed by atoms with Gasteiger partial charge in [-0.25, -0.2) is 0 Å². The zero-order valence-electron chi connectivity index (χ0n) is 9.45. The second kappa shape index (κ2) is 9.60. The van der Waals surface area contributed by atoms with Crippen LogP contribution in [0.2, 0.25) is 0 Å². The second-order valence-electron chi connectivity index (χ2n) is 2.50. The van der Waals surface area contributed by atoms with Crippen LogP contribution < -0.4 is 0 Å². The van der Waals surface area contributed by atoms with Gasteiger partial charge in [-0.2, -0.15) is 0 Å². The summed E-state index contributed by atoms with van der Waals surface area (Å²) >= 11 is 5.72. The van der Waals surface area contributed by atoms with E-state index in [0.717, 1.165) is 11.5 Å². The quantitative estimate of drug-likeness (QED) is 0.559. The molecular formula is C12H21Cl. The molecule has 0 unspecified atom stereocenters. The molecule has 0 atom stereocenters. The molecule has 0 radical (unpaired) electrons. The number of hydrogen-bond donors (Lipinski definition) is 0. The molecule has 0 bridgehead atoms. The van der Waals surface area contributed by atoms with Crippen molar-refractivity contribution in [3.05, 3.63) is 34.9 Å². The first-order valence-electron chi connectivity index (χ1n) is 4.77. The molecule has 0 aliphatic carbocycles. The Morgan fingerprint density at radius 2 is 1.77 bits per heavy atom. The first-order valence-corrected chi connectivity index (χ1v) is 5.15. The highest BCUT2D eigenvalue weighted by Gasteiger charge is 1.92. The molecule has 0 aromatic heterocycles. The largest absolute Gasteiger partial charge is 0.0988 e. The van der Waals surface area contributed by atoms with E-state index in [9.17, 15) is 0 Å². The Hall–Kier alpha value is -0.490. The monoisotopic (exact) mass is 200 g/mol. The molecule has 0 aromatic rings. The van der Waals surface area contributed by atoms with Gasteiger partial charge in [-0.15, -0.1) is 0 Å². The van der Waals surface area contributed by atoms with Crippen LogP contribution in [-0.2, 0) is 0 Å². The SMILES string of the molecule is C=C/C(CC)=C(C)\C=C(/C)Cl.CC. The molecule has 0 spiro atoms. The van der Waals surface area contributed by atoms with Crippen LogP contribution in [0.15, 0.2) is 34.9 Å². The Morgan fingerprint density at radius 1 is 1.31 bits per heavy atom. The molecule has 0 N–H and O–H groups in total. The van der Waals surface area contributed by atoms with Crippen LogP contribution in [0.25, 0.3) is 0 Å². The maximum absolute atomic E-state index is 5.72. The Bertz CT molecular complexity index is 193. The van der Waals surface area contributed by atoms with Gasteiger partial charge in [0.1, 0.15) is 0 Å². The zero-order valence-corrected chi connectivity index (χ0v) is 10.2. The molecule has 13 heavy (non-hydrogen) atoms. The van der Waals surface area contributed by atoms with E-state index >= 15 is 0 Å². The van der Waals surface area contributed by atoms with Crippen molar-refractivity contribution in [1.29, 1.82) is 0 Å². The van der Waals surface area contributed by atoms with Gasteiger partial charge in [-0.1, -0.05) is 45.0 Å². The van der Waals surface area contributed by atoms with E-state index in [-0.39, 0.29) is 0 Å². The number of halogens is 1. The molecule has 0 aliphatic heterocycles.